The maximum Gasteiger partial charge on any atom is 0.337 e. The van der Waals surface area contributed by atoms with E-state index in [0.717, 1.165) is 0 Å². The van der Waals surface area contributed by atoms with Gasteiger partial charge in [0.1, 0.15) is 0 Å². The number of carbonyl (C=O) groups is 1. The Hall–Kier alpha value is -3.54. The van der Waals surface area contributed by atoms with Crippen molar-refractivity contribution < 1.29 is 9.90 Å². The Bertz CT molecular complexity index is 1050. The zero-order valence-electron chi connectivity index (χ0n) is 21.3. The van der Waals surface area contributed by atoms with E-state index in [1.807, 2.05) is 13.8 Å². The third kappa shape index (κ3) is 6.98. The number of anilines is 4. The maximum atomic E-state index is 10.5. The van der Waals surface area contributed by atoms with E-state index in [2.05, 4.69) is 83.7 Å². The van der Waals surface area contributed by atoms with Gasteiger partial charge >= 0.3 is 5.97 Å². The smallest absolute Gasteiger partial charge is 0.337 e. The summed E-state index contributed by atoms with van der Waals surface area (Å²) in [4.78, 5) is 18.7. The molecule has 1 aliphatic carbocycles. The number of nitrogens with one attached hydrogen (secondary N) is 1. The lowest BCUT2D eigenvalue weighted by Gasteiger charge is -2.24. The highest BCUT2D eigenvalue weighted by atomic mass is 16.4. The van der Waals surface area contributed by atoms with E-state index in [1.165, 1.54) is 66.8 Å². The number of fused-ring (bicyclic) bond motifs is 1. The van der Waals surface area contributed by atoms with Crippen molar-refractivity contribution in [1.29, 1.82) is 0 Å². The van der Waals surface area contributed by atoms with Gasteiger partial charge in [-0.1, -0.05) is 19.9 Å². The average molecular weight is 463 g/mol. The Labute approximate surface area is 204 Å². The van der Waals surface area contributed by atoms with Gasteiger partial charge in [0.25, 0.3) is 0 Å². The molecule has 0 atom stereocenters. The van der Waals surface area contributed by atoms with Gasteiger partial charge in [-0.3, -0.25) is 4.98 Å². The highest BCUT2D eigenvalue weighted by Gasteiger charge is 2.12. The average Bonchev–Trinajstić information content (AvgIpc) is 2.89. The van der Waals surface area contributed by atoms with E-state index in [-0.39, 0.29) is 5.56 Å². The standard InChI is InChI=1S/C19H24N2.C7H8N2O2.C2H6/c1-20(2)17-10-12-18(13-11-17)21(3)19-9-8-15-6-4-5-7-16(15)14-19;1-8-6-4-9-3-2-5(6)7(10)11;1-2/h8-14H,4-7H2,1-3H3;2-4,8H,1H3,(H,10,11);1-2H3. The Kier molecular flexibility index (Phi) is 10.4. The third-order valence-corrected chi connectivity index (χ3v) is 5.79. The van der Waals surface area contributed by atoms with Crippen molar-refractivity contribution in [2.45, 2.75) is 39.5 Å². The minimum Gasteiger partial charge on any atom is -0.478 e. The number of carboxylic acid groups (broad SMARTS) is 1. The second-order valence-corrected chi connectivity index (χ2v) is 8.11. The van der Waals surface area contributed by atoms with Crippen LogP contribution in [0.4, 0.5) is 22.7 Å². The van der Waals surface area contributed by atoms with Crippen LogP contribution in [0.2, 0.25) is 0 Å². The van der Waals surface area contributed by atoms with Gasteiger partial charge in [0.2, 0.25) is 0 Å². The Balaban J connectivity index is 0.000000266. The largest absolute Gasteiger partial charge is 0.478 e. The van der Waals surface area contributed by atoms with Crippen LogP contribution in [-0.4, -0.2) is 44.3 Å². The lowest BCUT2D eigenvalue weighted by Crippen LogP contribution is -2.12. The second kappa shape index (κ2) is 13.2. The molecule has 0 spiro atoms. The lowest BCUT2D eigenvalue weighted by molar-refractivity contribution is 0.0698. The molecule has 0 radical (unpaired) electrons. The fourth-order valence-electron chi connectivity index (χ4n) is 3.83. The van der Waals surface area contributed by atoms with E-state index in [0.29, 0.717) is 5.69 Å². The fraction of sp³-hybridized carbons (Fsp3) is 0.357. The SMILES string of the molecule is CC.CN(C)c1ccc(N(C)c2ccc3c(c2)CCCC3)cc1.CNc1cnccc1C(=O)O. The van der Waals surface area contributed by atoms with Crippen LogP contribution in [-0.2, 0) is 12.8 Å². The predicted octanol–water partition coefficient (Wildman–Crippen LogP) is 6.25. The lowest BCUT2D eigenvalue weighted by atomic mass is 9.91. The van der Waals surface area contributed by atoms with Crippen LogP contribution in [0.3, 0.4) is 0 Å². The van der Waals surface area contributed by atoms with Gasteiger partial charge in [-0.05, 0) is 79.3 Å². The maximum absolute atomic E-state index is 10.5. The molecule has 0 bridgehead atoms. The van der Waals surface area contributed by atoms with Gasteiger partial charge in [0, 0.05) is 51.4 Å². The van der Waals surface area contributed by atoms with E-state index < -0.39 is 5.97 Å². The topological polar surface area (TPSA) is 68.7 Å². The van der Waals surface area contributed by atoms with Crippen LogP contribution in [0, 0.1) is 0 Å². The van der Waals surface area contributed by atoms with E-state index in [4.69, 9.17) is 5.11 Å². The molecule has 0 saturated heterocycles. The van der Waals surface area contributed by atoms with E-state index >= 15 is 0 Å². The number of rotatable bonds is 5. The van der Waals surface area contributed by atoms with E-state index in [9.17, 15) is 4.79 Å². The predicted molar refractivity (Wildman–Crippen MR) is 144 cm³/mol. The molecule has 34 heavy (non-hydrogen) atoms. The van der Waals surface area contributed by atoms with Gasteiger partial charge in [0.05, 0.1) is 17.4 Å². The first-order chi connectivity index (χ1) is 16.4. The normalized spacial score (nSPS) is 11.6. The Morgan fingerprint density at radius 3 is 2.03 bits per heavy atom. The van der Waals surface area contributed by atoms with Gasteiger partial charge in [-0.2, -0.15) is 0 Å². The van der Waals surface area contributed by atoms with Crippen molar-refractivity contribution >= 4 is 28.7 Å². The van der Waals surface area contributed by atoms with Crippen LogP contribution in [0.1, 0.15) is 48.2 Å². The number of carboxylic acids is 1. The molecule has 3 aromatic rings. The summed E-state index contributed by atoms with van der Waals surface area (Å²) < 4.78 is 0. The molecular weight excluding hydrogens is 424 g/mol. The van der Waals surface area contributed by atoms with E-state index in [1.54, 1.807) is 12.6 Å². The highest BCUT2D eigenvalue weighted by molar-refractivity contribution is 5.93. The molecule has 6 heteroatoms. The molecular formula is C28H38N4O2. The molecule has 2 N–H and O–H groups in total. The molecule has 6 nitrogen and oxygen atoms in total. The van der Waals surface area contributed by atoms with Crippen molar-refractivity contribution in [2.75, 3.05) is 43.3 Å². The van der Waals surface area contributed by atoms with Crippen LogP contribution in [0.15, 0.2) is 60.9 Å². The number of nitrogens with zero attached hydrogens (tertiary/aromatic N) is 3. The number of pyridine rings is 1. The van der Waals surface area contributed by atoms with Gasteiger partial charge in [-0.25, -0.2) is 4.79 Å². The molecule has 182 valence electrons. The Morgan fingerprint density at radius 2 is 1.47 bits per heavy atom. The monoisotopic (exact) mass is 462 g/mol. The van der Waals surface area contributed by atoms with Crippen LogP contribution in [0.25, 0.3) is 0 Å². The summed E-state index contributed by atoms with van der Waals surface area (Å²) >= 11 is 0. The first-order valence-corrected chi connectivity index (χ1v) is 11.9. The third-order valence-electron chi connectivity index (χ3n) is 5.79. The summed E-state index contributed by atoms with van der Waals surface area (Å²) in [5.74, 6) is -0.947. The number of aryl methyl sites for hydroxylation is 2. The number of benzene rings is 2. The number of aromatic carboxylic acids is 1. The summed E-state index contributed by atoms with van der Waals surface area (Å²) in [5.41, 5.74) is 7.60. The minimum absolute atomic E-state index is 0.238. The molecule has 0 fully saturated rings. The van der Waals surface area contributed by atoms with Crippen LogP contribution < -0.4 is 15.1 Å². The fourth-order valence-corrected chi connectivity index (χ4v) is 3.83. The van der Waals surface area contributed by atoms with Crippen molar-refractivity contribution in [3.05, 3.63) is 77.6 Å². The second-order valence-electron chi connectivity index (χ2n) is 8.11. The van der Waals surface area contributed by atoms with Crippen molar-refractivity contribution in [3.63, 3.8) is 0 Å². The van der Waals surface area contributed by atoms with Crippen LogP contribution >= 0.6 is 0 Å². The van der Waals surface area contributed by atoms with Crippen LogP contribution in [0.5, 0.6) is 0 Å². The highest BCUT2D eigenvalue weighted by Crippen LogP contribution is 2.30. The van der Waals surface area contributed by atoms with Crippen molar-refractivity contribution in [3.8, 4) is 0 Å². The molecule has 0 unspecified atom stereocenters. The summed E-state index contributed by atoms with van der Waals surface area (Å²) in [6, 6.07) is 17.1. The Morgan fingerprint density at radius 1 is 0.882 bits per heavy atom. The van der Waals surface area contributed by atoms with Crippen molar-refractivity contribution in [2.24, 2.45) is 0 Å². The molecule has 1 heterocycles. The molecule has 1 aromatic heterocycles. The number of hydrogen-bond acceptors (Lipinski definition) is 5. The molecule has 0 aliphatic heterocycles. The summed E-state index contributed by atoms with van der Waals surface area (Å²) in [6.45, 7) is 4.00. The van der Waals surface area contributed by atoms with Crippen molar-refractivity contribution in [1.82, 2.24) is 4.98 Å². The number of hydrogen-bond donors (Lipinski definition) is 2. The molecule has 1 aliphatic rings. The zero-order chi connectivity index (χ0) is 25.1. The minimum atomic E-state index is -0.947. The van der Waals surface area contributed by atoms with Gasteiger partial charge in [0.15, 0.2) is 0 Å². The van der Waals surface area contributed by atoms with Gasteiger partial charge in [-0.15, -0.1) is 0 Å². The van der Waals surface area contributed by atoms with Gasteiger partial charge < -0.3 is 20.2 Å². The summed E-state index contributed by atoms with van der Waals surface area (Å²) in [6.07, 6.45) is 8.08. The molecule has 0 amide bonds. The first-order valence-electron chi connectivity index (χ1n) is 11.9. The summed E-state index contributed by atoms with van der Waals surface area (Å²) in [5, 5.41) is 11.4. The first kappa shape index (κ1) is 26.7. The summed E-state index contributed by atoms with van der Waals surface area (Å²) in [7, 11) is 7.95. The number of aromatic nitrogens is 1. The molecule has 2 aromatic carbocycles. The molecule has 4 rings (SSSR count). The zero-order valence-corrected chi connectivity index (χ0v) is 21.3. The molecule has 0 saturated carbocycles. The quantitative estimate of drug-likeness (QED) is 0.467.